The Kier molecular flexibility index (Phi) is 6.42. The maximum Gasteiger partial charge on any atom is 0.119 e. The molecule has 0 amide bonds. The van der Waals surface area contributed by atoms with Crippen LogP contribution in [0.1, 0.15) is 39.0 Å². The summed E-state index contributed by atoms with van der Waals surface area (Å²) in [6.45, 7) is 9.78. The molecular weight excluding hydrogens is 372 g/mol. The monoisotopic (exact) mass is 398 g/mol. The molecule has 0 N–H and O–H groups in total. The molecule has 3 rings (SSSR count). The van der Waals surface area contributed by atoms with Gasteiger partial charge in [0.2, 0.25) is 0 Å². The van der Waals surface area contributed by atoms with E-state index in [1.54, 1.807) is 0 Å². The Morgan fingerprint density at radius 1 is 1.04 bits per heavy atom. The van der Waals surface area contributed by atoms with Gasteiger partial charge in [0.15, 0.2) is 0 Å². The summed E-state index contributed by atoms with van der Waals surface area (Å²) in [5, 5.41) is 5.53. The van der Waals surface area contributed by atoms with Crippen molar-refractivity contribution in [2.75, 3.05) is 6.61 Å². The molecule has 0 saturated heterocycles. The Morgan fingerprint density at radius 3 is 2.54 bits per heavy atom. The molecule has 0 aliphatic heterocycles. The van der Waals surface area contributed by atoms with Gasteiger partial charge in [0, 0.05) is 10.6 Å². The molecular formula is C23H27ClN2O2. The first-order valence-electron chi connectivity index (χ1n) is 9.53. The Hall–Kier alpha value is -2.30. The lowest BCUT2D eigenvalue weighted by Crippen LogP contribution is -2.19. The summed E-state index contributed by atoms with van der Waals surface area (Å²) in [6.07, 6.45) is 0. The molecule has 5 heteroatoms. The molecule has 0 fully saturated rings. The summed E-state index contributed by atoms with van der Waals surface area (Å²) in [5.74, 6) is 0.845. The largest absolute Gasteiger partial charge is 0.494 e. The first-order chi connectivity index (χ1) is 13.4. The van der Waals surface area contributed by atoms with E-state index in [9.17, 15) is 0 Å². The number of ether oxygens (including phenoxy) is 2. The highest BCUT2D eigenvalue weighted by Crippen LogP contribution is 2.27. The van der Waals surface area contributed by atoms with Crippen LogP contribution in [0, 0.1) is 0 Å². The summed E-state index contributed by atoms with van der Waals surface area (Å²) in [4.78, 5) is 0. The van der Waals surface area contributed by atoms with Crippen LogP contribution in [-0.2, 0) is 17.9 Å². The third kappa shape index (κ3) is 5.37. The zero-order chi connectivity index (χ0) is 20.1. The molecule has 4 nitrogen and oxygen atoms in total. The van der Waals surface area contributed by atoms with Crippen LogP contribution < -0.4 is 4.74 Å². The highest BCUT2D eigenvalue weighted by atomic mass is 35.5. The zero-order valence-electron chi connectivity index (χ0n) is 16.9. The van der Waals surface area contributed by atoms with Gasteiger partial charge in [0.05, 0.1) is 36.7 Å². The first-order valence-corrected chi connectivity index (χ1v) is 9.91. The molecule has 0 radical (unpaired) electrons. The van der Waals surface area contributed by atoms with Crippen molar-refractivity contribution in [3.8, 4) is 17.0 Å². The van der Waals surface area contributed by atoms with E-state index in [0.717, 1.165) is 33.3 Å². The van der Waals surface area contributed by atoms with Gasteiger partial charge in [0.25, 0.3) is 0 Å². The molecule has 0 unspecified atom stereocenters. The van der Waals surface area contributed by atoms with Crippen LogP contribution >= 0.6 is 11.6 Å². The molecule has 0 aliphatic rings. The molecule has 1 heterocycles. The summed E-state index contributed by atoms with van der Waals surface area (Å²) in [6, 6.07) is 18.0. The smallest absolute Gasteiger partial charge is 0.119 e. The Morgan fingerprint density at radius 2 is 1.82 bits per heavy atom. The van der Waals surface area contributed by atoms with E-state index in [1.165, 1.54) is 0 Å². The van der Waals surface area contributed by atoms with Gasteiger partial charge in [-0.1, -0.05) is 41.9 Å². The van der Waals surface area contributed by atoms with E-state index < -0.39 is 0 Å². The summed E-state index contributed by atoms with van der Waals surface area (Å²) in [5.41, 5.74) is 3.75. The highest BCUT2D eigenvalue weighted by Gasteiger charge is 2.16. The van der Waals surface area contributed by atoms with Crippen molar-refractivity contribution in [2.45, 2.75) is 46.4 Å². The fourth-order valence-electron chi connectivity index (χ4n) is 2.88. The van der Waals surface area contributed by atoms with E-state index in [0.29, 0.717) is 19.8 Å². The summed E-state index contributed by atoms with van der Waals surface area (Å²) >= 11 is 6.38. The second-order valence-corrected chi connectivity index (χ2v) is 8.04. The van der Waals surface area contributed by atoms with Crippen molar-refractivity contribution in [3.63, 3.8) is 0 Å². The molecule has 1 aromatic heterocycles. The van der Waals surface area contributed by atoms with Crippen LogP contribution in [0.25, 0.3) is 11.3 Å². The van der Waals surface area contributed by atoms with E-state index in [-0.39, 0.29) is 5.60 Å². The van der Waals surface area contributed by atoms with E-state index in [4.69, 9.17) is 26.2 Å². The normalized spacial score (nSPS) is 11.6. The van der Waals surface area contributed by atoms with Crippen molar-refractivity contribution in [2.24, 2.45) is 0 Å². The molecule has 28 heavy (non-hydrogen) atoms. The quantitative estimate of drug-likeness (QED) is 0.492. The SMILES string of the molecule is CCOc1cccc(-c2cc(COC(C)(C)C)nn2Cc2ccccc2Cl)c1. The third-order valence-electron chi connectivity index (χ3n) is 4.20. The number of nitrogens with zero attached hydrogens (tertiary/aromatic N) is 2. The van der Waals surface area contributed by atoms with Gasteiger partial charge in [-0.25, -0.2) is 0 Å². The highest BCUT2D eigenvalue weighted by molar-refractivity contribution is 6.31. The topological polar surface area (TPSA) is 36.3 Å². The molecule has 3 aromatic rings. The molecule has 0 aliphatic carbocycles. The van der Waals surface area contributed by atoms with Crippen molar-refractivity contribution in [1.29, 1.82) is 0 Å². The minimum atomic E-state index is -0.221. The molecule has 0 spiro atoms. The van der Waals surface area contributed by atoms with Gasteiger partial charge in [-0.3, -0.25) is 4.68 Å². The van der Waals surface area contributed by atoms with Crippen LogP contribution in [-0.4, -0.2) is 22.0 Å². The molecule has 0 atom stereocenters. The Balaban J connectivity index is 1.97. The van der Waals surface area contributed by atoms with E-state index >= 15 is 0 Å². The summed E-state index contributed by atoms with van der Waals surface area (Å²) < 4.78 is 13.6. The van der Waals surface area contributed by atoms with Gasteiger partial charge < -0.3 is 9.47 Å². The second kappa shape index (κ2) is 8.80. The van der Waals surface area contributed by atoms with Gasteiger partial charge in [-0.15, -0.1) is 0 Å². The van der Waals surface area contributed by atoms with Crippen molar-refractivity contribution < 1.29 is 9.47 Å². The van der Waals surface area contributed by atoms with Crippen LogP contribution in [0.4, 0.5) is 0 Å². The van der Waals surface area contributed by atoms with Gasteiger partial charge in [0.1, 0.15) is 5.75 Å². The number of benzene rings is 2. The fourth-order valence-corrected chi connectivity index (χ4v) is 3.08. The average molecular weight is 399 g/mol. The molecule has 0 bridgehead atoms. The number of halogens is 1. The minimum absolute atomic E-state index is 0.221. The van der Waals surface area contributed by atoms with E-state index in [1.807, 2.05) is 74.8 Å². The predicted octanol–water partition coefficient (Wildman–Crippen LogP) is 5.97. The predicted molar refractivity (Wildman–Crippen MR) is 114 cm³/mol. The fraction of sp³-hybridized carbons (Fsp3) is 0.348. The lowest BCUT2D eigenvalue weighted by atomic mass is 10.1. The standard InChI is InChI=1S/C23H27ClN2O2/c1-5-27-20-11-8-10-17(13-20)22-14-19(16-28-23(2,3)4)25-26(22)15-18-9-6-7-12-21(18)24/h6-14H,5,15-16H2,1-4H3. The Labute approximate surface area is 172 Å². The Bertz CT molecular complexity index is 928. The third-order valence-corrected chi connectivity index (χ3v) is 4.57. The second-order valence-electron chi connectivity index (χ2n) is 7.63. The van der Waals surface area contributed by atoms with Crippen molar-refractivity contribution in [1.82, 2.24) is 9.78 Å². The van der Waals surface area contributed by atoms with Gasteiger partial charge in [-0.2, -0.15) is 5.10 Å². The van der Waals surface area contributed by atoms with Crippen LogP contribution in [0.2, 0.25) is 5.02 Å². The molecule has 0 saturated carbocycles. The lowest BCUT2D eigenvalue weighted by Gasteiger charge is -2.18. The van der Waals surface area contributed by atoms with Crippen molar-refractivity contribution >= 4 is 11.6 Å². The van der Waals surface area contributed by atoms with Crippen LogP contribution in [0.3, 0.4) is 0 Å². The number of hydrogen-bond donors (Lipinski definition) is 0. The zero-order valence-corrected chi connectivity index (χ0v) is 17.7. The molecule has 2 aromatic carbocycles. The molecule has 148 valence electrons. The first kappa shape index (κ1) is 20.4. The van der Waals surface area contributed by atoms with Crippen LogP contribution in [0.5, 0.6) is 5.75 Å². The number of hydrogen-bond acceptors (Lipinski definition) is 3. The van der Waals surface area contributed by atoms with Gasteiger partial charge in [-0.05, 0) is 57.5 Å². The number of aromatic nitrogens is 2. The maximum absolute atomic E-state index is 6.38. The maximum atomic E-state index is 6.38. The van der Waals surface area contributed by atoms with Gasteiger partial charge >= 0.3 is 0 Å². The van der Waals surface area contributed by atoms with E-state index in [2.05, 4.69) is 12.1 Å². The lowest BCUT2D eigenvalue weighted by molar-refractivity contribution is -0.0166. The minimum Gasteiger partial charge on any atom is -0.494 e. The van der Waals surface area contributed by atoms with Crippen LogP contribution in [0.15, 0.2) is 54.6 Å². The van der Waals surface area contributed by atoms with Crippen molar-refractivity contribution in [3.05, 3.63) is 70.9 Å². The number of rotatable bonds is 7. The summed E-state index contributed by atoms with van der Waals surface area (Å²) in [7, 11) is 0. The average Bonchev–Trinajstić information content (AvgIpc) is 3.05.